The molecule has 0 radical (unpaired) electrons. The second kappa shape index (κ2) is 5.87. The predicted octanol–water partition coefficient (Wildman–Crippen LogP) is 1.68. The maximum atomic E-state index is 13.2. The van der Waals surface area contributed by atoms with Crippen molar-refractivity contribution in [3.05, 3.63) is 34.1 Å². The molecule has 0 bridgehead atoms. The maximum Gasteiger partial charge on any atom is 0.123 e. The van der Waals surface area contributed by atoms with Crippen LogP contribution in [0.4, 0.5) is 4.39 Å². The Kier molecular flexibility index (Phi) is 4.17. The van der Waals surface area contributed by atoms with Crippen LogP contribution >= 0.6 is 15.9 Å². The van der Waals surface area contributed by atoms with Gasteiger partial charge in [-0.15, -0.1) is 0 Å². The lowest BCUT2D eigenvalue weighted by Crippen LogP contribution is -2.62. The van der Waals surface area contributed by atoms with Crippen LogP contribution in [0.1, 0.15) is 5.56 Å². The molecule has 1 aromatic carbocycles. The molecule has 104 valence electrons. The Morgan fingerprint density at radius 1 is 1.26 bits per heavy atom. The summed E-state index contributed by atoms with van der Waals surface area (Å²) in [5, 5.41) is 3.38. The first kappa shape index (κ1) is 13.5. The number of hydrogen-bond donors (Lipinski definition) is 1. The molecule has 2 heterocycles. The van der Waals surface area contributed by atoms with Crippen LogP contribution in [0, 0.1) is 5.82 Å². The van der Waals surface area contributed by atoms with Crippen molar-refractivity contribution in [2.75, 3.05) is 39.3 Å². The lowest BCUT2D eigenvalue weighted by molar-refractivity contribution is 0.0221. The first-order valence-corrected chi connectivity index (χ1v) is 7.63. The fourth-order valence-electron chi connectivity index (χ4n) is 2.86. The van der Waals surface area contributed by atoms with Gasteiger partial charge in [-0.1, -0.05) is 15.9 Å². The highest BCUT2D eigenvalue weighted by molar-refractivity contribution is 9.10. The molecule has 0 aromatic heterocycles. The number of piperazine rings is 1. The SMILES string of the molecule is Fc1ccc(Br)c(CN2CC(N3CCNCC3)C2)c1. The van der Waals surface area contributed by atoms with E-state index in [1.807, 2.05) is 0 Å². The average molecular weight is 328 g/mol. The van der Waals surface area contributed by atoms with E-state index in [4.69, 9.17) is 0 Å². The average Bonchev–Trinajstić information content (AvgIpc) is 2.38. The zero-order chi connectivity index (χ0) is 13.2. The van der Waals surface area contributed by atoms with Crippen molar-refractivity contribution in [1.29, 1.82) is 0 Å². The van der Waals surface area contributed by atoms with Crippen molar-refractivity contribution in [2.24, 2.45) is 0 Å². The Hall–Kier alpha value is -0.490. The Bertz CT molecular complexity index is 442. The summed E-state index contributed by atoms with van der Waals surface area (Å²) in [4.78, 5) is 4.94. The van der Waals surface area contributed by atoms with Crippen molar-refractivity contribution in [3.8, 4) is 0 Å². The van der Waals surface area contributed by atoms with E-state index in [1.54, 1.807) is 12.1 Å². The topological polar surface area (TPSA) is 18.5 Å². The Labute approximate surface area is 121 Å². The van der Waals surface area contributed by atoms with Gasteiger partial charge in [0.1, 0.15) is 5.82 Å². The van der Waals surface area contributed by atoms with E-state index in [2.05, 4.69) is 31.0 Å². The quantitative estimate of drug-likeness (QED) is 0.911. The van der Waals surface area contributed by atoms with Gasteiger partial charge in [0.15, 0.2) is 0 Å². The van der Waals surface area contributed by atoms with Crippen molar-refractivity contribution in [2.45, 2.75) is 12.6 Å². The summed E-state index contributed by atoms with van der Waals surface area (Å²) in [6.07, 6.45) is 0. The molecule has 2 aliphatic rings. The molecule has 0 spiro atoms. The fraction of sp³-hybridized carbons (Fsp3) is 0.571. The molecule has 19 heavy (non-hydrogen) atoms. The van der Waals surface area contributed by atoms with E-state index < -0.39 is 0 Å². The van der Waals surface area contributed by atoms with E-state index in [-0.39, 0.29) is 5.82 Å². The van der Waals surface area contributed by atoms with Gasteiger partial charge in [0, 0.05) is 56.3 Å². The lowest BCUT2D eigenvalue weighted by atomic mass is 10.0. The smallest absolute Gasteiger partial charge is 0.123 e. The molecule has 2 aliphatic heterocycles. The number of nitrogens with zero attached hydrogens (tertiary/aromatic N) is 2. The Morgan fingerprint density at radius 2 is 2.00 bits per heavy atom. The van der Waals surface area contributed by atoms with Crippen molar-refractivity contribution >= 4 is 15.9 Å². The fourth-order valence-corrected chi connectivity index (χ4v) is 3.23. The molecule has 2 fully saturated rings. The summed E-state index contributed by atoms with van der Waals surface area (Å²) in [6.45, 7) is 7.55. The second-order valence-electron chi connectivity index (χ2n) is 5.37. The van der Waals surface area contributed by atoms with Crippen LogP contribution in [0.15, 0.2) is 22.7 Å². The van der Waals surface area contributed by atoms with Gasteiger partial charge in [-0.05, 0) is 23.8 Å². The highest BCUT2D eigenvalue weighted by atomic mass is 79.9. The summed E-state index contributed by atoms with van der Waals surface area (Å²) in [7, 11) is 0. The summed E-state index contributed by atoms with van der Waals surface area (Å²) < 4.78 is 14.2. The number of rotatable bonds is 3. The molecule has 0 atom stereocenters. The van der Waals surface area contributed by atoms with Gasteiger partial charge < -0.3 is 5.32 Å². The highest BCUT2D eigenvalue weighted by Gasteiger charge is 2.32. The molecule has 0 amide bonds. The maximum absolute atomic E-state index is 13.2. The van der Waals surface area contributed by atoms with Crippen LogP contribution in [0.25, 0.3) is 0 Å². The normalized spacial score (nSPS) is 22.4. The van der Waals surface area contributed by atoms with Gasteiger partial charge in [-0.25, -0.2) is 4.39 Å². The number of likely N-dealkylation sites (tertiary alicyclic amines) is 1. The summed E-state index contributed by atoms with van der Waals surface area (Å²) in [5.74, 6) is -0.155. The van der Waals surface area contributed by atoms with Crippen LogP contribution in [0.3, 0.4) is 0 Å². The number of hydrogen-bond acceptors (Lipinski definition) is 3. The minimum Gasteiger partial charge on any atom is -0.314 e. The largest absolute Gasteiger partial charge is 0.314 e. The van der Waals surface area contributed by atoms with Gasteiger partial charge in [0.05, 0.1) is 0 Å². The zero-order valence-electron chi connectivity index (χ0n) is 10.9. The van der Waals surface area contributed by atoms with Crippen molar-refractivity contribution in [3.63, 3.8) is 0 Å². The van der Waals surface area contributed by atoms with Gasteiger partial charge in [0.25, 0.3) is 0 Å². The van der Waals surface area contributed by atoms with Gasteiger partial charge >= 0.3 is 0 Å². The molecule has 3 nitrogen and oxygen atoms in total. The van der Waals surface area contributed by atoms with Gasteiger partial charge in [-0.2, -0.15) is 0 Å². The molecule has 0 saturated carbocycles. The first-order chi connectivity index (χ1) is 9.22. The third kappa shape index (κ3) is 3.16. The Balaban J connectivity index is 1.52. The Morgan fingerprint density at radius 3 is 2.74 bits per heavy atom. The van der Waals surface area contributed by atoms with Crippen LogP contribution in [-0.4, -0.2) is 55.1 Å². The number of halogens is 2. The minimum absolute atomic E-state index is 0.155. The second-order valence-corrected chi connectivity index (χ2v) is 6.22. The minimum atomic E-state index is -0.155. The number of benzene rings is 1. The first-order valence-electron chi connectivity index (χ1n) is 6.83. The van der Waals surface area contributed by atoms with E-state index in [0.717, 1.165) is 55.8 Å². The number of nitrogens with one attached hydrogen (secondary N) is 1. The molecule has 1 aromatic rings. The van der Waals surface area contributed by atoms with Crippen LogP contribution in [-0.2, 0) is 6.54 Å². The molecular formula is C14H19BrFN3. The monoisotopic (exact) mass is 327 g/mol. The van der Waals surface area contributed by atoms with Gasteiger partial charge in [-0.3, -0.25) is 9.80 Å². The van der Waals surface area contributed by atoms with Crippen molar-refractivity contribution < 1.29 is 4.39 Å². The predicted molar refractivity (Wildman–Crippen MR) is 77.6 cm³/mol. The van der Waals surface area contributed by atoms with E-state index in [9.17, 15) is 4.39 Å². The standard InChI is InChI=1S/C14H19BrFN3/c15-14-2-1-12(16)7-11(14)8-18-9-13(10-18)19-5-3-17-4-6-19/h1-2,7,13,17H,3-6,8-10H2. The third-order valence-corrected chi connectivity index (χ3v) is 4.78. The van der Waals surface area contributed by atoms with Gasteiger partial charge in [0.2, 0.25) is 0 Å². The van der Waals surface area contributed by atoms with Crippen LogP contribution < -0.4 is 5.32 Å². The molecule has 1 N–H and O–H groups in total. The van der Waals surface area contributed by atoms with E-state index >= 15 is 0 Å². The third-order valence-electron chi connectivity index (χ3n) is 4.01. The molecule has 5 heteroatoms. The molecule has 3 rings (SSSR count). The summed E-state index contributed by atoms with van der Waals surface area (Å²) in [5.41, 5.74) is 1.04. The van der Waals surface area contributed by atoms with E-state index in [1.165, 1.54) is 6.07 Å². The van der Waals surface area contributed by atoms with Crippen molar-refractivity contribution in [1.82, 2.24) is 15.1 Å². The highest BCUT2D eigenvalue weighted by Crippen LogP contribution is 2.23. The lowest BCUT2D eigenvalue weighted by Gasteiger charge is -2.47. The molecule has 0 unspecified atom stereocenters. The molecular weight excluding hydrogens is 309 g/mol. The molecule has 2 saturated heterocycles. The van der Waals surface area contributed by atoms with E-state index in [0.29, 0.717) is 6.04 Å². The zero-order valence-corrected chi connectivity index (χ0v) is 12.5. The van der Waals surface area contributed by atoms with Crippen LogP contribution in [0.2, 0.25) is 0 Å². The van der Waals surface area contributed by atoms with Crippen LogP contribution in [0.5, 0.6) is 0 Å². The summed E-state index contributed by atoms with van der Waals surface area (Å²) in [6, 6.07) is 5.60. The molecule has 0 aliphatic carbocycles. The summed E-state index contributed by atoms with van der Waals surface area (Å²) >= 11 is 3.49.